The SMILES string of the molecule is O=C(O)[C@@H]1O[C@H](Oc2cc3oc(-c4ccc(O)cc4)cc(=O)c3c(O)c2O)[C@H](O)[C@H](O)[C@@H]1O. The van der Waals surface area contributed by atoms with E-state index in [0.29, 0.717) is 5.56 Å². The predicted octanol–water partition coefficient (Wildman–Crippen LogP) is -0.152. The zero-order valence-corrected chi connectivity index (χ0v) is 16.5. The number of fused-ring (bicyclic) bond motifs is 1. The number of rotatable bonds is 4. The molecule has 0 aliphatic carbocycles. The van der Waals surface area contributed by atoms with E-state index in [9.17, 15) is 40.2 Å². The second-order valence-electron chi connectivity index (χ2n) is 7.32. The van der Waals surface area contributed by atoms with Crippen LogP contribution >= 0.6 is 0 Å². The van der Waals surface area contributed by atoms with Gasteiger partial charge in [-0.15, -0.1) is 0 Å². The summed E-state index contributed by atoms with van der Waals surface area (Å²) in [6.07, 6.45) is -9.67. The molecule has 1 fully saturated rings. The topological polar surface area (TPSA) is 207 Å². The van der Waals surface area contributed by atoms with Crippen LogP contribution in [-0.4, -0.2) is 72.4 Å². The van der Waals surface area contributed by atoms with Crippen molar-refractivity contribution in [2.45, 2.75) is 30.7 Å². The lowest BCUT2D eigenvalue weighted by molar-refractivity contribution is -0.271. The van der Waals surface area contributed by atoms with E-state index in [-0.39, 0.29) is 22.5 Å². The number of ether oxygens (including phenoxy) is 2. The molecule has 5 atom stereocenters. The summed E-state index contributed by atoms with van der Waals surface area (Å²) in [6.45, 7) is 0. The minimum absolute atomic E-state index is 0.0156. The van der Waals surface area contributed by atoms with Crippen molar-refractivity contribution in [2.75, 3.05) is 0 Å². The summed E-state index contributed by atoms with van der Waals surface area (Å²) < 4.78 is 15.9. The second kappa shape index (κ2) is 8.26. The number of hydrogen-bond acceptors (Lipinski definition) is 11. The van der Waals surface area contributed by atoms with Gasteiger partial charge in [0.1, 0.15) is 40.8 Å². The summed E-state index contributed by atoms with van der Waals surface area (Å²) in [5.41, 5.74) is -0.539. The van der Waals surface area contributed by atoms with Crippen molar-refractivity contribution in [1.29, 1.82) is 0 Å². The molecule has 1 saturated heterocycles. The zero-order valence-electron chi connectivity index (χ0n) is 16.5. The first-order valence-corrected chi connectivity index (χ1v) is 9.49. The molecule has 12 nitrogen and oxygen atoms in total. The van der Waals surface area contributed by atoms with Crippen LogP contribution in [0.2, 0.25) is 0 Å². The van der Waals surface area contributed by atoms with Gasteiger partial charge in [0, 0.05) is 17.7 Å². The van der Waals surface area contributed by atoms with Gasteiger partial charge >= 0.3 is 5.97 Å². The first kappa shape index (κ1) is 22.4. The monoisotopic (exact) mass is 462 g/mol. The standard InChI is InChI=1S/C21H18O12/c22-8-3-1-7(2-4-8)10-5-9(23)13-11(31-10)6-12(14(24)15(13)25)32-21-18(28)16(26)17(27)19(33-21)20(29)30/h1-6,16-19,21-22,24-28H,(H,29,30)/t16-,17+,18-,19-,21+/m1/s1. The van der Waals surface area contributed by atoms with E-state index in [1.807, 2.05) is 0 Å². The average molecular weight is 462 g/mol. The number of phenols is 3. The number of carbonyl (C=O) groups is 1. The number of aliphatic carboxylic acids is 1. The van der Waals surface area contributed by atoms with Crippen molar-refractivity contribution in [3.05, 3.63) is 46.6 Å². The quantitative estimate of drug-likeness (QED) is 0.253. The first-order valence-electron chi connectivity index (χ1n) is 9.49. The molecule has 33 heavy (non-hydrogen) atoms. The van der Waals surface area contributed by atoms with Crippen molar-refractivity contribution < 1.29 is 54.4 Å². The lowest BCUT2D eigenvalue weighted by Crippen LogP contribution is -2.61. The predicted molar refractivity (Wildman–Crippen MR) is 108 cm³/mol. The van der Waals surface area contributed by atoms with Gasteiger partial charge in [-0.05, 0) is 24.3 Å². The summed E-state index contributed by atoms with van der Waals surface area (Å²) in [6, 6.07) is 7.74. The molecule has 1 aromatic heterocycles. The van der Waals surface area contributed by atoms with Gasteiger partial charge in [-0.25, -0.2) is 4.79 Å². The van der Waals surface area contributed by atoms with Crippen molar-refractivity contribution in [3.63, 3.8) is 0 Å². The Morgan fingerprint density at radius 2 is 1.58 bits per heavy atom. The van der Waals surface area contributed by atoms with E-state index in [4.69, 9.17) is 19.0 Å². The van der Waals surface area contributed by atoms with Crippen LogP contribution in [0.4, 0.5) is 0 Å². The van der Waals surface area contributed by atoms with E-state index in [1.165, 1.54) is 24.3 Å². The van der Waals surface area contributed by atoms with E-state index >= 15 is 0 Å². The van der Waals surface area contributed by atoms with E-state index in [0.717, 1.165) is 12.1 Å². The van der Waals surface area contributed by atoms with Crippen LogP contribution in [0.15, 0.2) is 45.6 Å². The molecule has 0 unspecified atom stereocenters. The highest BCUT2D eigenvalue weighted by molar-refractivity contribution is 5.89. The number of aromatic hydroxyl groups is 3. The maximum Gasteiger partial charge on any atom is 0.335 e. The third kappa shape index (κ3) is 3.91. The van der Waals surface area contributed by atoms with Crippen LogP contribution in [0.3, 0.4) is 0 Å². The summed E-state index contributed by atoms with van der Waals surface area (Å²) in [7, 11) is 0. The molecule has 1 aliphatic heterocycles. The fourth-order valence-electron chi connectivity index (χ4n) is 3.40. The maximum atomic E-state index is 12.6. The van der Waals surface area contributed by atoms with Crippen LogP contribution in [0.25, 0.3) is 22.3 Å². The molecular weight excluding hydrogens is 444 g/mol. The van der Waals surface area contributed by atoms with Gasteiger partial charge in [0.2, 0.25) is 12.0 Å². The van der Waals surface area contributed by atoms with Crippen molar-refractivity contribution >= 4 is 16.9 Å². The molecule has 7 N–H and O–H groups in total. The van der Waals surface area contributed by atoms with E-state index < -0.39 is 59.4 Å². The molecule has 0 saturated carbocycles. The molecule has 0 bridgehead atoms. The van der Waals surface area contributed by atoms with Crippen LogP contribution in [0.1, 0.15) is 0 Å². The summed E-state index contributed by atoms with van der Waals surface area (Å²) in [4.78, 5) is 23.8. The molecular formula is C21H18O12. The molecule has 0 spiro atoms. The van der Waals surface area contributed by atoms with Crippen molar-refractivity contribution in [2.24, 2.45) is 0 Å². The highest BCUT2D eigenvalue weighted by Crippen LogP contribution is 2.42. The largest absolute Gasteiger partial charge is 0.508 e. The number of aliphatic hydroxyl groups is 3. The second-order valence-corrected chi connectivity index (χ2v) is 7.32. The fraction of sp³-hybridized carbons (Fsp3) is 0.238. The van der Waals surface area contributed by atoms with Crippen LogP contribution in [0.5, 0.6) is 23.0 Å². The molecule has 1 aliphatic rings. The van der Waals surface area contributed by atoms with Gasteiger partial charge < -0.3 is 49.6 Å². The smallest absolute Gasteiger partial charge is 0.335 e. The molecule has 0 radical (unpaired) electrons. The number of carboxylic acids is 1. The van der Waals surface area contributed by atoms with Gasteiger partial charge in [-0.1, -0.05) is 0 Å². The first-order chi connectivity index (χ1) is 15.6. The van der Waals surface area contributed by atoms with Gasteiger partial charge in [0.15, 0.2) is 23.0 Å². The Hall–Kier alpha value is -3.84. The Morgan fingerprint density at radius 3 is 2.21 bits per heavy atom. The minimum Gasteiger partial charge on any atom is -0.508 e. The molecule has 2 aromatic carbocycles. The molecule has 4 rings (SSSR count). The van der Waals surface area contributed by atoms with Crippen LogP contribution in [-0.2, 0) is 9.53 Å². The third-order valence-corrected chi connectivity index (χ3v) is 5.14. The number of aliphatic hydroxyl groups excluding tert-OH is 3. The van der Waals surface area contributed by atoms with E-state index in [2.05, 4.69) is 0 Å². The van der Waals surface area contributed by atoms with E-state index in [1.54, 1.807) is 0 Å². The lowest BCUT2D eigenvalue weighted by Gasteiger charge is -2.38. The normalized spacial score (nSPS) is 25.1. The van der Waals surface area contributed by atoms with Crippen LogP contribution in [0, 0.1) is 0 Å². The van der Waals surface area contributed by atoms with Gasteiger partial charge in [0.25, 0.3) is 0 Å². The highest BCUT2D eigenvalue weighted by Gasteiger charge is 2.48. The van der Waals surface area contributed by atoms with Crippen molar-refractivity contribution in [3.8, 4) is 34.3 Å². The number of phenolic OH excluding ortho intramolecular Hbond substituents is 3. The Kier molecular flexibility index (Phi) is 5.59. The fourth-order valence-corrected chi connectivity index (χ4v) is 3.40. The summed E-state index contributed by atoms with van der Waals surface area (Å²) in [5, 5.41) is 68.6. The van der Waals surface area contributed by atoms with Crippen LogP contribution < -0.4 is 10.2 Å². The number of carboxylic acid groups (broad SMARTS) is 1. The van der Waals surface area contributed by atoms with Gasteiger partial charge in [0.05, 0.1) is 0 Å². The highest BCUT2D eigenvalue weighted by atomic mass is 16.7. The number of benzene rings is 2. The summed E-state index contributed by atoms with van der Waals surface area (Å²) >= 11 is 0. The van der Waals surface area contributed by atoms with Crippen molar-refractivity contribution in [1.82, 2.24) is 0 Å². The molecule has 12 heteroatoms. The number of hydrogen-bond donors (Lipinski definition) is 7. The average Bonchev–Trinajstić information content (AvgIpc) is 2.77. The Morgan fingerprint density at radius 1 is 0.909 bits per heavy atom. The summed E-state index contributed by atoms with van der Waals surface area (Å²) in [5.74, 6) is -4.01. The maximum absolute atomic E-state index is 12.6. The van der Waals surface area contributed by atoms with Gasteiger partial charge in [-0.3, -0.25) is 4.79 Å². The Bertz CT molecular complexity index is 1260. The Balaban J connectivity index is 1.76. The Labute approximate surface area is 183 Å². The molecule has 3 aromatic rings. The minimum atomic E-state index is -1.96. The lowest BCUT2D eigenvalue weighted by atomic mass is 9.99. The van der Waals surface area contributed by atoms with Gasteiger partial charge in [-0.2, -0.15) is 0 Å². The molecule has 0 amide bonds. The third-order valence-electron chi connectivity index (χ3n) is 5.14. The molecule has 2 heterocycles. The molecule has 174 valence electrons. The zero-order chi connectivity index (χ0) is 24.0.